The van der Waals surface area contributed by atoms with E-state index in [2.05, 4.69) is 11.1 Å². The molecule has 0 aliphatic rings. The molecule has 5 aromatic rings. The van der Waals surface area contributed by atoms with Gasteiger partial charge in [-0.2, -0.15) is 0 Å². The van der Waals surface area contributed by atoms with Crippen LogP contribution in [-0.4, -0.2) is 9.38 Å². The minimum absolute atomic E-state index is 0.514. The van der Waals surface area contributed by atoms with Gasteiger partial charge in [-0.05, 0) is 24.3 Å². The lowest BCUT2D eigenvalue weighted by molar-refractivity contribution is 0.669. The van der Waals surface area contributed by atoms with Gasteiger partial charge in [0.05, 0.1) is 16.6 Å². The van der Waals surface area contributed by atoms with Gasteiger partial charge >= 0.3 is 0 Å². The molecular weight excluding hydrogens is 284 g/mol. The van der Waals surface area contributed by atoms with Crippen LogP contribution in [0.4, 0.5) is 0 Å². The molecule has 0 saturated carbocycles. The molecule has 0 bridgehead atoms. The second kappa shape index (κ2) is 3.77. The highest BCUT2D eigenvalue weighted by molar-refractivity contribution is 6.33. The van der Waals surface area contributed by atoms with Crippen molar-refractivity contribution in [2.75, 3.05) is 0 Å². The SMILES string of the molecule is Clc1nc2cc3c(cc2n2cccc12)oc1ccccc13. The quantitative estimate of drug-likeness (QED) is 0.400. The summed E-state index contributed by atoms with van der Waals surface area (Å²) in [5.41, 5.74) is 4.51. The van der Waals surface area contributed by atoms with Crippen LogP contribution in [-0.2, 0) is 0 Å². The van der Waals surface area contributed by atoms with Crippen LogP contribution in [0.1, 0.15) is 0 Å². The first kappa shape index (κ1) is 11.2. The van der Waals surface area contributed by atoms with E-state index < -0.39 is 0 Å². The van der Waals surface area contributed by atoms with Crippen molar-refractivity contribution in [3.05, 3.63) is 59.9 Å². The third kappa shape index (κ3) is 1.41. The highest BCUT2D eigenvalue weighted by Gasteiger charge is 2.11. The summed E-state index contributed by atoms with van der Waals surface area (Å²) in [6.07, 6.45) is 1.99. The van der Waals surface area contributed by atoms with E-state index in [0.717, 1.165) is 38.5 Å². The fourth-order valence-corrected chi connectivity index (χ4v) is 3.20. The van der Waals surface area contributed by atoms with E-state index >= 15 is 0 Å². The number of halogens is 1. The summed E-state index contributed by atoms with van der Waals surface area (Å²) >= 11 is 6.27. The zero-order valence-corrected chi connectivity index (χ0v) is 11.6. The molecule has 0 N–H and O–H groups in total. The van der Waals surface area contributed by atoms with Gasteiger partial charge in [-0.15, -0.1) is 0 Å². The van der Waals surface area contributed by atoms with Crippen LogP contribution in [0.25, 0.3) is 38.5 Å². The van der Waals surface area contributed by atoms with Gasteiger partial charge in [0.2, 0.25) is 0 Å². The Morgan fingerprint density at radius 2 is 1.81 bits per heavy atom. The van der Waals surface area contributed by atoms with Crippen molar-refractivity contribution in [1.82, 2.24) is 9.38 Å². The number of hydrogen-bond donors (Lipinski definition) is 0. The largest absolute Gasteiger partial charge is 0.456 e. The van der Waals surface area contributed by atoms with Gasteiger partial charge in [-0.3, -0.25) is 0 Å². The Labute approximate surface area is 124 Å². The fraction of sp³-hybridized carbons (Fsp3) is 0. The first-order valence-corrected chi connectivity index (χ1v) is 7.07. The van der Waals surface area contributed by atoms with E-state index in [1.807, 2.05) is 53.1 Å². The number of benzene rings is 2. The predicted octanol–water partition coefficient (Wildman–Crippen LogP) is 5.04. The molecule has 0 spiro atoms. The molecule has 3 aromatic heterocycles. The van der Waals surface area contributed by atoms with E-state index in [1.54, 1.807) is 0 Å². The van der Waals surface area contributed by atoms with Gasteiger partial charge in [-0.25, -0.2) is 4.98 Å². The minimum atomic E-state index is 0.514. The number of fused-ring (bicyclic) bond motifs is 6. The summed E-state index contributed by atoms with van der Waals surface area (Å²) in [4.78, 5) is 4.52. The van der Waals surface area contributed by atoms with Gasteiger partial charge in [-0.1, -0.05) is 29.8 Å². The first-order chi connectivity index (χ1) is 10.3. The smallest absolute Gasteiger partial charge is 0.153 e. The summed E-state index contributed by atoms with van der Waals surface area (Å²) in [5, 5.41) is 2.67. The lowest BCUT2D eigenvalue weighted by Crippen LogP contribution is -1.90. The monoisotopic (exact) mass is 292 g/mol. The van der Waals surface area contributed by atoms with E-state index in [0.29, 0.717) is 5.15 Å². The van der Waals surface area contributed by atoms with Gasteiger partial charge in [0.1, 0.15) is 11.2 Å². The molecular formula is C17H9ClN2O. The Morgan fingerprint density at radius 3 is 2.76 bits per heavy atom. The topological polar surface area (TPSA) is 30.4 Å². The average Bonchev–Trinajstić information content (AvgIpc) is 3.10. The second-order valence-electron chi connectivity index (χ2n) is 5.10. The number of furan rings is 1. The van der Waals surface area contributed by atoms with Crippen LogP contribution >= 0.6 is 11.6 Å². The van der Waals surface area contributed by atoms with Crippen LogP contribution in [0.3, 0.4) is 0 Å². The maximum Gasteiger partial charge on any atom is 0.153 e. The van der Waals surface area contributed by atoms with E-state index in [4.69, 9.17) is 16.0 Å². The highest BCUT2D eigenvalue weighted by atomic mass is 35.5. The molecule has 0 unspecified atom stereocenters. The Kier molecular flexibility index (Phi) is 2.01. The molecule has 3 nitrogen and oxygen atoms in total. The molecule has 4 heteroatoms. The molecule has 0 atom stereocenters. The van der Waals surface area contributed by atoms with E-state index in [9.17, 15) is 0 Å². The fourth-order valence-electron chi connectivity index (χ4n) is 2.95. The Balaban J connectivity index is 2.06. The standard InChI is InChI=1S/C17H9ClN2O/c18-17-13-5-3-7-20(13)14-9-16-11(8-12(14)19-17)10-4-1-2-6-15(10)21-16/h1-9H. The van der Waals surface area contributed by atoms with Crippen molar-refractivity contribution >= 4 is 50.1 Å². The molecule has 0 fully saturated rings. The number of para-hydroxylation sites is 1. The average molecular weight is 293 g/mol. The Morgan fingerprint density at radius 1 is 0.905 bits per heavy atom. The van der Waals surface area contributed by atoms with Crippen molar-refractivity contribution < 1.29 is 4.42 Å². The van der Waals surface area contributed by atoms with Gasteiger partial charge in [0.25, 0.3) is 0 Å². The molecule has 0 aliphatic heterocycles. The Hall–Kier alpha value is -2.52. The summed E-state index contributed by atoms with van der Waals surface area (Å²) in [6.45, 7) is 0. The first-order valence-electron chi connectivity index (χ1n) is 6.69. The van der Waals surface area contributed by atoms with Crippen LogP contribution in [0.15, 0.2) is 59.1 Å². The maximum absolute atomic E-state index is 6.27. The molecule has 0 aliphatic carbocycles. The summed E-state index contributed by atoms with van der Waals surface area (Å²) < 4.78 is 7.98. The normalized spacial score (nSPS) is 12.0. The van der Waals surface area contributed by atoms with Gasteiger partial charge in [0.15, 0.2) is 5.15 Å². The summed E-state index contributed by atoms with van der Waals surface area (Å²) in [7, 11) is 0. The van der Waals surface area contributed by atoms with Crippen LogP contribution < -0.4 is 0 Å². The molecule has 2 aromatic carbocycles. The molecule has 0 radical (unpaired) electrons. The Bertz CT molecular complexity index is 1150. The number of rotatable bonds is 0. The molecule has 3 heterocycles. The number of nitrogens with zero attached hydrogens (tertiary/aromatic N) is 2. The second-order valence-corrected chi connectivity index (χ2v) is 5.46. The van der Waals surface area contributed by atoms with Crippen molar-refractivity contribution in [2.45, 2.75) is 0 Å². The van der Waals surface area contributed by atoms with Gasteiger partial charge in [0, 0.05) is 23.0 Å². The van der Waals surface area contributed by atoms with Crippen molar-refractivity contribution in [3.63, 3.8) is 0 Å². The van der Waals surface area contributed by atoms with Crippen molar-refractivity contribution in [3.8, 4) is 0 Å². The lowest BCUT2D eigenvalue weighted by Gasteiger charge is -2.04. The van der Waals surface area contributed by atoms with Gasteiger partial charge < -0.3 is 8.82 Å². The summed E-state index contributed by atoms with van der Waals surface area (Å²) in [5.74, 6) is 0. The van der Waals surface area contributed by atoms with Crippen LogP contribution in [0.5, 0.6) is 0 Å². The molecule has 0 saturated heterocycles. The van der Waals surface area contributed by atoms with E-state index in [-0.39, 0.29) is 0 Å². The molecule has 21 heavy (non-hydrogen) atoms. The van der Waals surface area contributed by atoms with Crippen molar-refractivity contribution in [2.24, 2.45) is 0 Å². The molecule has 5 rings (SSSR count). The number of hydrogen-bond acceptors (Lipinski definition) is 2. The zero-order valence-electron chi connectivity index (χ0n) is 10.9. The van der Waals surface area contributed by atoms with E-state index in [1.165, 1.54) is 0 Å². The third-order valence-electron chi connectivity index (χ3n) is 3.91. The predicted molar refractivity (Wildman–Crippen MR) is 85.0 cm³/mol. The molecule has 0 amide bonds. The highest BCUT2D eigenvalue weighted by Crippen LogP contribution is 2.32. The maximum atomic E-state index is 6.27. The number of aromatic nitrogens is 2. The third-order valence-corrected chi connectivity index (χ3v) is 4.19. The summed E-state index contributed by atoms with van der Waals surface area (Å²) in [6, 6.07) is 16.0. The lowest BCUT2D eigenvalue weighted by atomic mass is 10.1. The zero-order chi connectivity index (χ0) is 14.0. The van der Waals surface area contributed by atoms with Crippen molar-refractivity contribution in [1.29, 1.82) is 0 Å². The molecule has 100 valence electrons. The minimum Gasteiger partial charge on any atom is -0.456 e. The van der Waals surface area contributed by atoms with Crippen LogP contribution in [0.2, 0.25) is 5.15 Å². The van der Waals surface area contributed by atoms with Crippen LogP contribution in [0, 0.1) is 0 Å².